The van der Waals surface area contributed by atoms with Gasteiger partial charge in [-0.3, -0.25) is 9.78 Å². The van der Waals surface area contributed by atoms with Gasteiger partial charge in [0.25, 0.3) is 5.91 Å². The second-order valence-corrected chi connectivity index (χ2v) is 5.63. The van der Waals surface area contributed by atoms with Gasteiger partial charge in [0.1, 0.15) is 5.82 Å². The molecule has 0 N–H and O–H groups in total. The van der Waals surface area contributed by atoms with Crippen LogP contribution in [-0.2, 0) is 6.54 Å². The summed E-state index contributed by atoms with van der Waals surface area (Å²) in [7, 11) is 0. The number of halogens is 2. The maximum absolute atomic E-state index is 13.9. The second kappa shape index (κ2) is 6.80. The number of carbonyl (C=O) groups excluding carboxylic acids is 1. The van der Waals surface area contributed by atoms with Crippen LogP contribution in [0.3, 0.4) is 0 Å². The van der Waals surface area contributed by atoms with Crippen LogP contribution < -0.4 is 0 Å². The van der Waals surface area contributed by atoms with E-state index in [0.717, 1.165) is 11.4 Å². The molecule has 1 amide bonds. The maximum Gasteiger partial charge on any atom is 0.257 e. The van der Waals surface area contributed by atoms with Crippen molar-refractivity contribution in [3.63, 3.8) is 0 Å². The lowest BCUT2D eigenvalue weighted by Crippen LogP contribution is -2.31. The molecule has 0 fully saturated rings. The highest BCUT2D eigenvalue weighted by molar-refractivity contribution is 9.10. The minimum atomic E-state index is -0.523. The SMILES string of the molecule is CCN(Cc1cccc(C)n1)C(=O)c1ccc(Br)cc1F. The predicted molar refractivity (Wildman–Crippen MR) is 83.5 cm³/mol. The molecule has 110 valence electrons. The molecule has 0 atom stereocenters. The van der Waals surface area contributed by atoms with Crippen LogP contribution in [0.15, 0.2) is 40.9 Å². The monoisotopic (exact) mass is 350 g/mol. The fourth-order valence-corrected chi connectivity index (χ4v) is 2.38. The third-order valence-electron chi connectivity index (χ3n) is 3.13. The third kappa shape index (κ3) is 3.88. The van der Waals surface area contributed by atoms with Crippen molar-refractivity contribution in [3.05, 3.63) is 63.6 Å². The van der Waals surface area contributed by atoms with Crippen molar-refractivity contribution in [2.75, 3.05) is 6.54 Å². The molecule has 0 saturated carbocycles. The summed E-state index contributed by atoms with van der Waals surface area (Å²) in [5, 5.41) is 0. The number of benzene rings is 1. The highest BCUT2D eigenvalue weighted by Crippen LogP contribution is 2.17. The zero-order valence-corrected chi connectivity index (χ0v) is 13.5. The van der Waals surface area contributed by atoms with E-state index in [2.05, 4.69) is 20.9 Å². The molecule has 21 heavy (non-hydrogen) atoms. The molecule has 3 nitrogen and oxygen atoms in total. The Hall–Kier alpha value is -1.75. The van der Waals surface area contributed by atoms with Gasteiger partial charge in [-0.25, -0.2) is 4.39 Å². The number of carbonyl (C=O) groups is 1. The standard InChI is InChI=1S/C16H16BrFN2O/c1-3-20(10-13-6-4-5-11(2)19-13)16(21)14-8-7-12(17)9-15(14)18/h4-9H,3,10H2,1-2H3. The van der Waals surface area contributed by atoms with Gasteiger partial charge in [0, 0.05) is 16.7 Å². The maximum atomic E-state index is 13.9. The van der Waals surface area contributed by atoms with Crippen LogP contribution in [0.4, 0.5) is 4.39 Å². The Labute approximate surface area is 131 Å². The molecular weight excluding hydrogens is 335 g/mol. The summed E-state index contributed by atoms with van der Waals surface area (Å²) in [5.74, 6) is -0.851. The zero-order chi connectivity index (χ0) is 15.4. The fourth-order valence-electron chi connectivity index (χ4n) is 2.04. The topological polar surface area (TPSA) is 33.2 Å². The Balaban J connectivity index is 2.22. The van der Waals surface area contributed by atoms with Crippen molar-refractivity contribution in [2.24, 2.45) is 0 Å². The average Bonchev–Trinajstić information content (AvgIpc) is 2.44. The lowest BCUT2D eigenvalue weighted by Gasteiger charge is -2.21. The Kier molecular flexibility index (Phi) is 5.07. The molecule has 5 heteroatoms. The number of pyridine rings is 1. The first-order valence-corrected chi connectivity index (χ1v) is 7.47. The number of aryl methyl sites for hydroxylation is 1. The zero-order valence-electron chi connectivity index (χ0n) is 11.9. The third-order valence-corrected chi connectivity index (χ3v) is 3.62. The summed E-state index contributed by atoms with van der Waals surface area (Å²) in [5.41, 5.74) is 1.77. The predicted octanol–water partition coefficient (Wildman–Crippen LogP) is 3.95. The lowest BCUT2D eigenvalue weighted by atomic mass is 10.1. The summed E-state index contributed by atoms with van der Waals surface area (Å²) >= 11 is 3.19. The summed E-state index contributed by atoms with van der Waals surface area (Å²) in [6.45, 7) is 4.62. The Morgan fingerprint density at radius 3 is 2.71 bits per heavy atom. The van der Waals surface area contributed by atoms with Gasteiger partial charge in [0.2, 0.25) is 0 Å². The number of hydrogen-bond donors (Lipinski definition) is 0. The van der Waals surface area contributed by atoms with Crippen molar-refractivity contribution in [1.82, 2.24) is 9.88 Å². The molecule has 0 bridgehead atoms. The highest BCUT2D eigenvalue weighted by Gasteiger charge is 2.18. The van der Waals surface area contributed by atoms with Crippen LogP contribution in [-0.4, -0.2) is 22.3 Å². The van der Waals surface area contributed by atoms with E-state index in [-0.39, 0.29) is 11.5 Å². The molecule has 1 aromatic carbocycles. The van der Waals surface area contributed by atoms with Crippen LogP contribution >= 0.6 is 15.9 Å². The van der Waals surface area contributed by atoms with Crippen LogP contribution in [0.25, 0.3) is 0 Å². The number of amides is 1. The van der Waals surface area contributed by atoms with Crippen LogP contribution in [0.2, 0.25) is 0 Å². The number of rotatable bonds is 4. The fraction of sp³-hybridized carbons (Fsp3) is 0.250. The van der Waals surface area contributed by atoms with Gasteiger partial charge in [-0.1, -0.05) is 22.0 Å². The van der Waals surface area contributed by atoms with Crippen LogP contribution in [0.5, 0.6) is 0 Å². The summed E-state index contributed by atoms with van der Waals surface area (Å²) in [6.07, 6.45) is 0. The Morgan fingerprint density at radius 1 is 1.33 bits per heavy atom. The summed E-state index contributed by atoms with van der Waals surface area (Å²) < 4.78 is 14.5. The Morgan fingerprint density at radius 2 is 2.10 bits per heavy atom. The first-order valence-electron chi connectivity index (χ1n) is 6.68. The summed E-state index contributed by atoms with van der Waals surface area (Å²) in [6, 6.07) is 10.1. The average molecular weight is 351 g/mol. The molecular formula is C16H16BrFN2O. The van der Waals surface area contributed by atoms with E-state index >= 15 is 0 Å². The van der Waals surface area contributed by atoms with E-state index in [0.29, 0.717) is 17.6 Å². The number of aromatic nitrogens is 1. The van der Waals surface area contributed by atoms with Gasteiger partial charge in [-0.05, 0) is 44.2 Å². The highest BCUT2D eigenvalue weighted by atomic mass is 79.9. The van der Waals surface area contributed by atoms with Crippen molar-refractivity contribution in [2.45, 2.75) is 20.4 Å². The minimum absolute atomic E-state index is 0.0766. The molecule has 0 unspecified atom stereocenters. The second-order valence-electron chi connectivity index (χ2n) is 4.71. The van der Waals surface area contributed by atoms with Gasteiger partial charge in [0.05, 0.1) is 17.8 Å². The van der Waals surface area contributed by atoms with Gasteiger partial charge < -0.3 is 4.90 Å². The molecule has 1 aromatic heterocycles. The Bertz CT molecular complexity index is 660. The quantitative estimate of drug-likeness (QED) is 0.836. The summed E-state index contributed by atoms with van der Waals surface area (Å²) in [4.78, 5) is 18.4. The van der Waals surface area contributed by atoms with Crippen molar-refractivity contribution in [3.8, 4) is 0 Å². The van der Waals surface area contributed by atoms with Crippen LogP contribution in [0.1, 0.15) is 28.7 Å². The van der Waals surface area contributed by atoms with Crippen LogP contribution in [0, 0.1) is 12.7 Å². The van der Waals surface area contributed by atoms with E-state index in [9.17, 15) is 9.18 Å². The van der Waals surface area contributed by atoms with Crippen molar-refractivity contribution >= 4 is 21.8 Å². The molecule has 0 radical (unpaired) electrons. The normalized spacial score (nSPS) is 10.5. The first kappa shape index (κ1) is 15.6. The largest absolute Gasteiger partial charge is 0.333 e. The molecule has 0 spiro atoms. The minimum Gasteiger partial charge on any atom is -0.333 e. The molecule has 0 saturated heterocycles. The van der Waals surface area contributed by atoms with Gasteiger partial charge >= 0.3 is 0 Å². The van der Waals surface area contributed by atoms with E-state index in [1.54, 1.807) is 11.0 Å². The van der Waals surface area contributed by atoms with E-state index < -0.39 is 5.82 Å². The number of nitrogens with zero attached hydrogens (tertiary/aromatic N) is 2. The molecule has 1 heterocycles. The lowest BCUT2D eigenvalue weighted by molar-refractivity contribution is 0.0746. The van der Waals surface area contributed by atoms with Gasteiger partial charge in [-0.15, -0.1) is 0 Å². The van der Waals surface area contributed by atoms with Gasteiger partial charge in [0.15, 0.2) is 0 Å². The molecule has 0 aliphatic heterocycles. The van der Waals surface area contributed by atoms with Gasteiger partial charge in [-0.2, -0.15) is 0 Å². The van der Waals surface area contributed by atoms with Crippen molar-refractivity contribution in [1.29, 1.82) is 0 Å². The molecule has 2 aromatic rings. The number of hydrogen-bond acceptors (Lipinski definition) is 2. The smallest absolute Gasteiger partial charge is 0.257 e. The van der Waals surface area contributed by atoms with E-state index in [1.807, 2.05) is 32.0 Å². The van der Waals surface area contributed by atoms with E-state index in [1.165, 1.54) is 12.1 Å². The molecule has 2 rings (SSSR count). The molecule has 0 aliphatic carbocycles. The first-order chi connectivity index (χ1) is 10.0. The van der Waals surface area contributed by atoms with Crippen molar-refractivity contribution < 1.29 is 9.18 Å². The molecule has 0 aliphatic rings. The van der Waals surface area contributed by atoms with E-state index in [4.69, 9.17) is 0 Å².